The molecule has 0 saturated heterocycles. The van der Waals surface area contributed by atoms with E-state index >= 15 is 0 Å². The largest absolute Gasteiger partial charge is 0.496 e. The number of nitrogens with zero attached hydrogens (tertiary/aromatic N) is 1. The number of rotatable bonds is 6. The summed E-state index contributed by atoms with van der Waals surface area (Å²) in [6.07, 6.45) is 1.54. The van der Waals surface area contributed by atoms with Crippen LogP contribution >= 0.6 is 27.5 Å². The van der Waals surface area contributed by atoms with Gasteiger partial charge in [-0.1, -0.05) is 27.5 Å². The molecule has 0 aliphatic heterocycles. The standard InChI is InChI=1S/C17H17BrClN3O2/c1-11(21-15-6-4-14(19)5-7-15)17(23)22-20-10-12-9-13(18)3-8-16(12)24-2/h3-11,21H,1-2H3,(H,22,23)/b20-10-/t11-/m1/s1. The lowest BCUT2D eigenvalue weighted by molar-refractivity contribution is -0.121. The second kappa shape index (κ2) is 8.70. The van der Waals surface area contributed by atoms with Crippen LogP contribution in [0.15, 0.2) is 52.0 Å². The second-order valence-electron chi connectivity index (χ2n) is 4.99. The Bertz CT molecular complexity index is 735. The normalized spacial score (nSPS) is 12.0. The van der Waals surface area contributed by atoms with Crippen molar-refractivity contribution >= 4 is 45.3 Å². The van der Waals surface area contributed by atoms with Crippen molar-refractivity contribution in [1.29, 1.82) is 0 Å². The first-order valence-corrected chi connectivity index (χ1v) is 8.35. The zero-order valence-electron chi connectivity index (χ0n) is 13.2. The van der Waals surface area contributed by atoms with Gasteiger partial charge in [-0.3, -0.25) is 4.79 Å². The lowest BCUT2D eigenvalue weighted by Gasteiger charge is -2.13. The Hall–Kier alpha value is -2.05. The van der Waals surface area contributed by atoms with Crippen LogP contribution < -0.4 is 15.5 Å². The molecule has 0 unspecified atom stereocenters. The number of methoxy groups -OCH3 is 1. The van der Waals surface area contributed by atoms with Crippen LogP contribution in [0.4, 0.5) is 5.69 Å². The summed E-state index contributed by atoms with van der Waals surface area (Å²) in [6, 6.07) is 12.2. The van der Waals surface area contributed by atoms with Gasteiger partial charge in [-0.05, 0) is 49.4 Å². The Morgan fingerprint density at radius 2 is 2.00 bits per heavy atom. The molecule has 2 rings (SSSR count). The number of nitrogens with one attached hydrogen (secondary N) is 2. The van der Waals surface area contributed by atoms with Gasteiger partial charge in [0, 0.05) is 20.7 Å². The molecule has 2 aromatic rings. The van der Waals surface area contributed by atoms with Crippen molar-refractivity contribution in [3.8, 4) is 5.75 Å². The Kier molecular flexibility index (Phi) is 6.63. The summed E-state index contributed by atoms with van der Waals surface area (Å²) in [4.78, 5) is 12.1. The second-order valence-corrected chi connectivity index (χ2v) is 6.35. The molecule has 7 heteroatoms. The van der Waals surface area contributed by atoms with Crippen molar-refractivity contribution in [2.45, 2.75) is 13.0 Å². The highest BCUT2D eigenvalue weighted by atomic mass is 79.9. The fourth-order valence-corrected chi connectivity index (χ4v) is 2.43. The third-order valence-electron chi connectivity index (χ3n) is 3.19. The van der Waals surface area contributed by atoms with Crippen LogP contribution in [0.25, 0.3) is 0 Å². The van der Waals surface area contributed by atoms with E-state index in [0.29, 0.717) is 10.8 Å². The summed E-state index contributed by atoms with van der Waals surface area (Å²) in [6.45, 7) is 1.75. The molecule has 0 heterocycles. The van der Waals surface area contributed by atoms with Gasteiger partial charge in [0.05, 0.1) is 13.3 Å². The average Bonchev–Trinajstić information content (AvgIpc) is 2.57. The van der Waals surface area contributed by atoms with Crippen LogP contribution in [0, 0.1) is 0 Å². The molecule has 0 aliphatic rings. The van der Waals surface area contributed by atoms with Gasteiger partial charge in [0.15, 0.2) is 0 Å². The lowest BCUT2D eigenvalue weighted by Crippen LogP contribution is -2.34. The van der Waals surface area contributed by atoms with E-state index in [0.717, 1.165) is 15.7 Å². The van der Waals surface area contributed by atoms with Crippen LogP contribution in [0.5, 0.6) is 5.75 Å². The fourth-order valence-electron chi connectivity index (χ4n) is 1.93. The van der Waals surface area contributed by atoms with Gasteiger partial charge in [0.25, 0.3) is 5.91 Å². The Labute approximate surface area is 154 Å². The SMILES string of the molecule is COc1ccc(Br)cc1/C=N\NC(=O)[C@@H](C)Nc1ccc(Cl)cc1. The first kappa shape index (κ1) is 18.3. The van der Waals surface area contributed by atoms with Crippen molar-refractivity contribution in [1.82, 2.24) is 5.43 Å². The van der Waals surface area contributed by atoms with E-state index < -0.39 is 6.04 Å². The summed E-state index contributed by atoms with van der Waals surface area (Å²) < 4.78 is 6.14. The van der Waals surface area contributed by atoms with Gasteiger partial charge in [0.1, 0.15) is 11.8 Å². The molecular formula is C17H17BrClN3O2. The number of carbonyl (C=O) groups excluding carboxylic acids is 1. The van der Waals surface area contributed by atoms with E-state index in [1.165, 1.54) is 6.21 Å². The van der Waals surface area contributed by atoms with Gasteiger partial charge in [-0.25, -0.2) is 5.43 Å². The maximum atomic E-state index is 12.1. The van der Waals surface area contributed by atoms with Crippen LogP contribution in [0.1, 0.15) is 12.5 Å². The topological polar surface area (TPSA) is 62.7 Å². The van der Waals surface area contributed by atoms with Crippen molar-refractivity contribution in [2.75, 3.05) is 12.4 Å². The molecule has 24 heavy (non-hydrogen) atoms. The van der Waals surface area contributed by atoms with Crippen molar-refractivity contribution < 1.29 is 9.53 Å². The third-order valence-corrected chi connectivity index (χ3v) is 3.94. The minimum atomic E-state index is -0.451. The van der Waals surface area contributed by atoms with E-state index in [-0.39, 0.29) is 5.91 Å². The predicted octanol–water partition coefficient (Wildman–Crippen LogP) is 4.06. The highest BCUT2D eigenvalue weighted by molar-refractivity contribution is 9.10. The van der Waals surface area contributed by atoms with Crippen LogP contribution in [0.3, 0.4) is 0 Å². The number of hydrazone groups is 1. The quantitative estimate of drug-likeness (QED) is 0.557. The third kappa shape index (κ3) is 5.25. The Morgan fingerprint density at radius 1 is 1.29 bits per heavy atom. The van der Waals surface area contributed by atoms with Crippen molar-refractivity contribution in [3.63, 3.8) is 0 Å². The first-order chi connectivity index (χ1) is 11.5. The molecule has 0 aromatic heterocycles. The molecule has 1 atom stereocenters. The molecule has 0 saturated carbocycles. The number of hydrogen-bond acceptors (Lipinski definition) is 4. The summed E-state index contributed by atoms with van der Waals surface area (Å²) in [5.41, 5.74) is 4.06. The molecule has 0 bridgehead atoms. The summed E-state index contributed by atoms with van der Waals surface area (Å²) in [5, 5.41) is 7.70. The van der Waals surface area contributed by atoms with Gasteiger partial charge in [0.2, 0.25) is 0 Å². The highest BCUT2D eigenvalue weighted by Crippen LogP contribution is 2.21. The van der Waals surface area contributed by atoms with Gasteiger partial charge >= 0.3 is 0 Å². The van der Waals surface area contributed by atoms with E-state index in [1.807, 2.05) is 30.3 Å². The molecule has 0 fully saturated rings. The van der Waals surface area contributed by atoms with Crippen molar-refractivity contribution in [2.24, 2.45) is 5.10 Å². The number of anilines is 1. The monoisotopic (exact) mass is 409 g/mol. The van der Waals surface area contributed by atoms with Crippen LogP contribution in [0.2, 0.25) is 5.02 Å². The summed E-state index contributed by atoms with van der Waals surface area (Å²) in [7, 11) is 1.58. The molecule has 0 aliphatic carbocycles. The highest BCUT2D eigenvalue weighted by Gasteiger charge is 2.11. The van der Waals surface area contributed by atoms with Crippen LogP contribution in [-0.2, 0) is 4.79 Å². The maximum Gasteiger partial charge on any atom is 0.262 e. The van der Waals surface area contributed by atoms with E-state index in [2.05, 4.69) is 31.8 Å². The molecule has 126 valence electrons. The lowest BCUT2D eigenvalue weighted by atomic mass is 10.2. The molecule has 5 nitrogen and oxygen atoms in total. The zero-order chi connectivity index (χ0) is 17.5. The first-order valence-electron chi connectivity index (χ1n) is 7.18. The number of carbonyl (C=O) groups is 1. The summed E-state index contributed by atoms with van der Waals surface area (Å²) >= 11 is 9.22. The fraction of sp³-hybridized carbons (Fsp3) is 0.176. The summed E-state index contributed by atoms with van der Waals surface area (Å²) in [5.74, 6) is 0.415. The van der Waals surface area contributed by atoms with Crippen molar-refractivity contribution in [3.05, 3.63) is 57.5 Å². The minimum Gasteiger partial charge on any atom is -0.496 e. The minimum absolute atomic E-state index is 0.254. The van der Waals surface area contributed by atoms with E-state index in [1.54, 1.807) is 26.2 Å². The maximum absolute atomic E-state index is 12.1. The molecular weight excluding hydrogens is 394 g/mol. The number of ether oxygens (including phenoxy) is 1. The number of halogens is 2. The molecule has 0 spiro atoms. The number of hydrogen-bond donors (Lipinski definition) is 2. The molecule has 2 N–H and O–H groups in total. The van der Waals surface area contributed by atoms with Gasteiger partial charge < -0.3 is 10.1 Å². The predicted molar refractivity (Wildman–Crippen MR) is 101 cm³/mol. The molecule has 1 amide bonds. The number of amides is 1. The Morgan fingerprint density at radius 3 is 2.67 bits per heavy atom. The van der Waals surface area contributed by atoms with Crippen LogP contribution in [-0.4, -0.2) is 25.3 Å². The smallest absolute Gasteiger partial charge is 0.262 e. The van der Waals surface area contributed by atoms with E-state index in [4.69, 9.17) is 16.3 Å². The number of benzene rings is 2. The molecule has 0 radical (unpaired) electrons. The van der Waals surface area contributed by atoms with Gasteiger partial charge in [-0.15, -0.1) is 0 Å². The average molecular weight is 411 g/mol. The van der Waals surface area contributed by atoms with E-state index in [9.17, 15) is 4.79 Å². The van der Waals surface area contributed by atoms with Gasteiger partial charge in [-0.2, -0.15) is 5.10 Å². The zero-order valence-corrected chi connectivity index (χ0v) is 15.6. The Balaban J connectivity index is 1.94. The molecule has 2 aromatic carbocycles.